The van der Waals surface area contributed by atoms with Crippen LogP contribution in [0.15, 0.2) is 41.5 Å². The molecular weight excluding hydrogens is 332 g/mol. The lowest BCUT2D eigenvalue weighted by atomic mass is 9.92. The second-order valence-electron chi connectivity index (χ2n) is 6.24. The predicted octanol–water partition coefficient (Wildman–Crippen LogP) is 6.16. The smallest absolute Gasteiger partial charge is 0.245 e. The molecule has 0 unspecified atom stereocenters. The zero-order valence-corrected chi connectivity index (χ0v) is 16.9. The Morgan fingerprint density at radius 3 is 1.96 bits per heavy atom. The van der Waals surface area contributed by atoms with E-state index in [1.54, 1.807) is 7.11 Å². The fourth-order valence-corrected chi connectivity index (χ4v) is 2.88. The molecule has 0 spiro atoms. The Labute approximate surface area is 156 Å². The van der Waals surface area contributed by atoms with Crippen molar-refractivity contribution in [1.82, 2.24) is 0 Å². The second kappa shape index (κ2) is 9.43. The monoisotopic (exact) mass is 358 g/mol. The van der Waals surface area contributed by atoms with E-state index in [4.69, 9.17) is 16.3 Å². The summed E-state index contributed by atoms with van der Waals surface area (Å²) in [6.07, 6.45) is 11.4. The quantitative estimate of drug-likeness (QED) is 0.346. The van der Waals surface area contributed by atoms with E-state index in [1.807, 2.05) is 32.1 Å². The Morgan fingerprint density at radius 1 is 0.920 bits per heavy atom. The van der Waals surface area contributed by atoms with Gasteiger partial charge in [0.2, 0.25) is 5.24 Å². The topological polar surface area (TPSA) is 26.3 Å². The number of hydrogen-bond acceptors (Lipinski definition) is 2. The van der Waals surface area contributed by atoms with Crippen molar-refractivity contribution in [1.29, 1.82) is 0 Å². The van der Waals surface area contributed by atoms with Gasteiger partial charge in [-0.3, -0.25) is 4.79 Å². The first-order chi connectivity index (χ1) is 11.7. The van der Waals surface area contributed by atoms with Crippen LogP contribution in [-0.2, 0) is 4.79 Å². The van der Waals surface area contributed by atoms with E-state index in [0.717, 1.165) is 16.9 Å². The van der Waals surface area contributed by atoms with Crippen LogP contribution in [0.3, 0.4) is 0 Å². The molecule has 0 atom stereocenters. The van der Waals surface area contributed by atoms with Crippen LogP contribution in [0.4, 0.5) is 0 Å². The van der Waals surface area contributed by atoms with Crippen LogP contribution in [0.5, 0.6) is 5.75 Å². The summed E-state index contributed by atoms with van der Waals surface area (Å²) in [5, 5.41) is -0.459. The normalized spacial score (nSPS) is 13.1. The van der Waals surface area contributed by atoms with Gasteiger partial charge in [0.05, 0.1) is 7.11 Å². The molecule has 0 aliphatic carbocycles. The fraction of sp³-hybridized carbons (Fsp3) is 0.318. The van der Waals surface area contributed by atoms with E-state index >= 15 is 0 Å². The Balaban J connectivity index is 3.08. The summed E-state index contributed by atoms with van der Waals surface area (Å²) in [4.78, 5) is 10.8. The van der Waals surface area contributed by atoms with Gasteiger partial charge in [-0.2, -0.15) is 0 Å². The predicted molar refractivity (Wildman–Crippen MR) is 108 cm³/mol. The van der Waals surface area contributed by atoms with Gasteiger partial charge in [0.1, 0.15) is 5.75 Å². The first-order valence-corrected chi connectivity index (χ1v) is 8.62. The minimum absolute atomic E-state index is 0.459. The molecule has 0 amide bonds. The molecule has 134 valence electrons. The Bertz CT molecular complexity index is 749. The van der Waals surface area contributed by atoms with Crippen molar-refractivity contribution in [2.24, 2.45) is 0 Å². The van der Waals surface area contributed by atoms with Gasteiger partial charge in [0, 0.05) is 6.08 Å². The summed E-state index contributed by atoms with van der Waals surface area (Å²) >= 11 is 5.32. The molecule has 1 aromatic rings. The SMILES string of the molecule is COc1c(C)c(C)c(C=CC(C)=CC=CC(C)=CC(=O)Cl)c(C)c1C. The van der Waals surface area contributed by atoms with E-state index in [1.165, 1.54) is 33.9 Å². The zero-order valence-electron chi connectivity index (χ0n) is 16.2. The van der Waals surface area contributed by atoms with E-state index in [9.17, 15) is 4.79 Å². The minimum Gasteiger partial charge on any atom is -0.496 e. The molecule has 0 aliphatic heterocycles. The van der Waals surface area contributed by atoms with Gasteiger partial charge in [-0.25, -0.2) is 0 Å². The molecule has 0 aromatic heterocycles. The summed E-state index contributed by atoms with van der Waals surface area (Å²) in [7, 11) is 1.72. The third-order valence-corrected chi connectivity index (χ3v) is 4.50. The lowest BCUT2D eigenvalue weighted by Gasteiger charge is -2.17. The summed E-state index contributed by atoms with van der Waals surface area (Å²) in [5.41, 5.74) is 8.00. The Kier molecular flexibility index (Phi) is 7.92. The van der Waals surface area contributed by atoms with Crippen LogP contribution in [0.25, 0.3) is 6.08 Å². The first-order valence-electron chi connectivity index (χ1n) is 8.24. The van der Waals surface area contributed by atoms with Gasteiger partial charge in [0.15, 0.2) is 0 Å². The molecule has 2 nitrogen and oxygen atoms in total. The van der Waals surface area contributed by atoms with Crippen molar-refractivity contribution in [3.8, 4) is 5.75 Å². The minimum atomic E-state index is -0.459. The van der Waals surface area contributed by atoms with Crippen LogP contribution < -0.4 is 4.74 Å². The van der Waals surface area contributed by atoms with Crippen LogP contribution in [0, 0.1) is 27.7 Å². The van der Waals surface area contributed by atoms with Gasteiger partial charge in [0.25, 0.3) is 0 Å². The number of carbonyl (C=O) groups is 1. The molecule has 0 saturated heterocycles. The van der Waals surface area contributed by atoms with E-state index in [-0.39, 0.29) is 0 Å². The number of hydrogen-bond donors (Lipinski definition) is 0. The van der Waals surface area contributed by atoms with Crippen LogP contribution in [0.2, 0.25) is 0 Å². The maximum atomic E-state index is 10.8. The summed E-state index contributed by atoms with van der Waals surface area (Å²) in [5.74, 6) is 0.971. The maximum Gasteiger partial charge on any atom is 0.245 e. The third kappa shape index (κ3) is 5.75. The lowest BCUT2D eigenvalue weighted by Crippen LogP contribution is -2.00. The number of carbonyl (C=O) groups excluding carboxylic acids is 1. The maximum absolute atomic E-state index is 10.8. The molecular formula is C22H27ClO2. The third-order valence-electron chi connectivity index (χ3n) is 4.39. The van der Waals surface area contributed by atoms with Gasteiger partial charge in [-0.05, 0) is 86.5 Å². The first kappa shape index (κ1) is 21.0. The highest BCUT2D eigenvalue weighted by Crippen LogP contribution is 2.33. The summed E-state index contributed by atoms with van der Waals surface area (Å²) in [6, 6.07) is 0. The second-order valence-corrected chi connectivity index (χ2v) is 6.62. The number of benzene rings is 1. The Morgan fingerprint density at radius 2 is 1.48 bits per heavy atom. The van der Waals surface area contributed by atoms with Crippen molar-refractivity contribution in [3.05, 3.63) is 69.3 Å². The van der Waals surface area contributed by atoms with Crippen LogP contribution >= 0.6 is 11.6 Å². The number of halogens is 1. The molecule has 0 heterocycles. The van der Waals surface area contributed by atoms with Gasteiger partial charge < -0.3 is 4.74 Å². The number of rotatable bonds is 6. The molecule has 0 bridgehead atoms. The molecule has 3 heteroatoms. The van der Waals surface area contributed by atoms with E-state index in [0.29, 0.717) is 0 Å². The largest absolute Gasteiger partial charge is 0.496 e. The van der Waals surface area contributed by atoms with Crippen molar-refractivity contribution in [3.63, 3.8) is 0 Å². The lowest BCUT2D eigenvalue weighted by molar-refractivity contribution is -0.107. The van der Waals surface area contributed by atoms with Crippen LogP contribution in [0.1, 0.15) is 41.7 Å². The molecule has 0 fully saturated rings. The molecule has 0 aliphatic rings. The summed E-state index contributed by atoms with van der Waals surface area (Å²) < 4.78 is 5.54. The highest BCUT2D eigenvalue weighted by Gasteiger charge is 2.13. The van der Waals surface area contributed by atoms with E-state index in [2.05, 4.69) is 39.8 Å². The van der Waals surface area contributed by atoms with Gasteiger partial charge >= 0.3 is 0 Å². The van der Waals surface area contributed by atoms with Crippen molar-refractivity contribution >= 4 is 22.9 Å². The average Bonchev–Trinajstić information content (AvgIpc) is 2.53. The highest BCUT2D eigenvalue weighted by molar-refractivity contribution is 6.66. The fourth-order valence-electron chi connectivity index (χ4n) is 2.71. The Hall–Kier alpha value is -2.06. The number of ether oxygens (including phenoxy) is 1. The molecule has 1 aromatic carbocycles. The molecule has 1 rings (SSSR count). The van der Waals surface area contributed by atoms with Crippen molar-refractivity contribution < 1.29 is 9.53 Å². The van der Waals surface area contributed by atoms with Gasteiger partial charge in [-0.1, -0.05) is 36.0 Å². The number of methoxy groups -OCH3 is 1. The van der Waals surface area contributed by atoms with E-state index < -0.39 is 5.24 Å². The van der Waals surface area contributed by atoms with Crippen molar-refractivity contribution in [2.75, 3.05) is 7.11 Å². The highest BCUT2D eigenvalue weighted by atomic mass is 35.5. The summed E-state index contributed by atoms with van der Waals surface area (Å²) in [6.45, 7) is 12.3. The standard InChI is InChI=1S/C22H27ClO2/c1-14(9-8-10-15(2)13-21(23)24)11-12-20-16(3)18(5)22(25-7)19(6)17(20)4/h8-13H,1-7H3. The van der Waals surface area contributed by atoms with Gasteiger partial charge in [-0.15, -0.1) is 0 Å². The molecule has 25 heavy (non-hydrogen) atoms. The molecule has 0 radical (unpaired) electrons. The van der Waals surface area contributed by atoms with Crippen molar-refractivity contribution in [2.45, 2.75) is 41.5 Å². The molecule has 0 N–H and O–H groups in total. The number of allylic oxidation sites excluding steroid dienone is 7. The van der Waals surface area contributed by atoms with Crippen LogP contribution in [-0.4, -0.2) is 12.4 Å². The molecule has 0 saturated carbocycles. The zero-order chi connectivity index (χ0) is 19.1. The average molecular weight is 359 g/mol.